The summed E-state index contributed by atoms with van der Waals surface area (Å²) in [6.45, 7) is 5.06. The molecule has 1 saturated heterocycles. The molecule has 0 spiro atoms. The van der Waals surface area contributed by atoms with E-state index in [0.717, 1.165) is 45.7 Å². The van der Waals surface area contributed by atoms with Gasteiger partial charge in [0.25, 0.3) is 0 Å². The summed E-state index contributed by atoms with van der Waals surface area (Å²) in [5.74, 6) is -1.75. The predicted molar refractivity (Wildman–Crippen MR) is 73.4 cm³/mol. The summed E-state index contributed by atoms with van der Waals surface area (Å²) in [5.41, 5.74) is 0. The van der Waals surface area contributed by atoms with Crippen molar-refractivity contribution in [2.24, 2.45) is 11.8 Å². The van der Waals surface area contributed by atoms with Gasteiger partial charge in [0.2, 0.25) is 5.91 Å². The van der Waals surface area contributed by atoms with E-state index in [-0.39, 0.29) is 11.8 Å². The number of carboxylic acids is 1. The van der Waals surface area contributed by atoms with Gasteiger partial charge in [0.05, 0.1) is 25.0 Å². The molecule has 1 aliphatic carbocycles. The summed E-state index contributed by atoms with van der Waals surface area (Å²) in [6.07, 6.45) is 3.06. The fraction of sp³-hybridized carbons (Fsp3) is 0.857. The summed E-state index contributed by atoms with van der Waals surface area (Å²) < 4.78 is 5.28. The lowest BCUT2D eigenvalue weighted by Crippen LogP contribution is -2.39. The lowest BCUT2D eigenvalue weighted by molar-refractivity contribution is -0.146. The molecule has 2 atom stereocenters. The third-order valence-electron chi connectivity index (χ3n) is 4.22. The quantitative estimate of drug-likeness (QED) is 0.687. The van der Waals surface area contributed by atoms with Crippen molar-refractivity contribution in [1.82, 2.24) is 10.2 Å². The number of aliphatic carboxylic acids is 1. The first-order valence-corrected chi connectivity index (χ1v) is 7.49. The summed E-state index contributed by atoms with van der Waals surface area (Å²) in [5, 5.41) is 12.0. The number of morpholine rings is 1. The summed E-state index contributed by atoms with van der Waals surface area (Å²) in [7, 11) is 0. The van der Waals surface area contributed by atoms with E-state index in [0.29, 0.717) is 19.4 Å². The van der Waals surface area contributed by atoms with Crippen LogP contribution >= 0.6 is 0 Å². The van der Waals surface area contributed by atoms with Crippen LogP contribution in [0.2, 0.25) is 0 Å². The Hall–Kier alpha value is -1.14. The SMILES string of the molecule is O=C(O)[C@H]1CCC[C@H]1C(=O)NCCCN1CCOCC1. The second kappa shape index (κ2) is 7.59. The van der Waals surface area contributed by atoms with Gasteiger partial charge in [-0.15, -0.1) is 0 Å². The van der Waals surface area contributed by atoms with Gasteiger partial charge < -0.3 is 15.2 Å². The Bertz CT molecular complexity index is 342. The molecule has 1 amide bonds. The van der Waals surface area contributed by atoms with Crippen molar-refractivity contribution in [2.75, 3.05) is 39.4 Å². The molecule has 0 aromatic heterocycles. The first-order chi connectivity index (χ1) is 9.68. The third-order valence-corrected chi connectivity index (χ3v) is 4.22. The van der Waals surface area contributed by atoms with Crippen molar-refractivity contribution in [1.29, 1.82) is 0 Å². The number of nitrogens with one attached hydrogen (secondary N) is 1. The average molecular weight is 284 g/mol. The molecule has 2 rings (SSSR count). The standard InChI is InChI=1S/C14H24N2O4/c17-13(11-3-1-4-12(11)14(18)19)15-5-2-6-16-7-9-20-10-8-16/h11-12H,1-10H2,(H,15,17)(H,18,19)/t11-,12+/m1/s1. The maximum Gasteiger partial charge on any atom is 0.307 e. The number of amides is 1. The topological polar surface area (TPSA) is 78.9 Å². The van der Waals surface area contributed by atoms with Crippen LogP contribution in [-0.4, -0.2) is 61.3 Å². The van der Waals surface area contributed by atoms with E-state index in [1.807, 2.05) is 0 Å². The van der Waals surface area contributed by atoms with E-state index < -0.39 is 11.9 Å². The average Bonchev–Trinajstić information content (AvgIpc) is 2.94. The van der Waals surface area contributed by atoms with E-state index in [4.69, 9.17) is 9.84 Å². The van der Waals surface area contributed by atoms with E-state index >= 15 is 0 Å². The van der Waals surface area contributed by atoms with Gasteiger partial charge in [0.15, 0.2) is 0 Å². The Morgan fingerprint density at radius 1 is 1.20 bits per heavy atom. The first-order valence-electron chi connectivity index (χ1n) is 7.49. The number of carbonyl (C=O) groups excluding carboxylic acids is 1. The molecule has 1 saturated carbocycles. The second-order valence-electron chi connectivity index (χ2n) is 5.58. The van der Waals surface area contributed by atoms with Crippen LogP contribution in [0.1, 0.15) is 25.7 Å². The number of ether oxygens (including phenoxy) is 1. The van der Waals surface area contributed by atoms with Gasteiger partial charge >= 0.3 is 5.97 Å². The van der Waals surface area contributed by atoms with Gasteiger partial charge in [-0.25, -0.2) is 0 Å². The molecule has 0 radical (unpaired) electrons. The molecule has 0 aromatic carbocycles. The molecular formula is C14H24N2O4. The number of hydrogen-bond donors (Lipinski definition) is 2. The van der Waals surface area contributed by atoms with Crippen molar-refractivity contribution in [2.45, 2.75) is 25.7 Å². The van der Waals surface area contributed by atoms with Gasteiger partial charge in [-0.1, -0.05) is 6.42 Å². The summed E-state index contributed by atoms with van der Waals surface area (Å²) in [6, 6.07) is 0. The number of carboxylic acid groups (broad SMARTS) is 1. The van der Waals surface area contributed by atoms with Crippen molar-refractivity contribution in [3.63, 3.8) is 0 Å². The molecule has 20 heavy (non-hydrogen) atoms. The number of hydrogen-bond acceptors (Lipinski definition) is 4. The van der Waals surface area contributed by atoms with Crippen molar-refractivity contribution >= 4 is 11.9 Å². The highest BCUT2D eigenvalue weighted by Crippen LogP contribution is 2.31. The van der Waals surface area contributed by atoms with Crippen molar-refractivity contribution < 1.29 is 19.4 Å². The van der Waals surface area contributed by atoms with Gasteiger partial charge in [0, 0.05) is 19.6 Å². The largest absolute Gasteiger partial charge is 0.481 e. The van der Waals surface area contributed by atoms with Crippen LogP contribution in [0.3, 0.4) is 0 Å². The first kappa shape index (κ1) is 15.3. The van der Waals surface area contributed by atoms with Crippen molar-refractivity contribution in [3.8, 4) is 0 Å². The van der Waals surface area contributed by atoms with Gasteiger partial charge in [-0.05, 0) is 25.8 Å². The highest BCUT2D eigenvalue weighted by molar-refractivity contribution is 5.85. The summed E-state index contributed by atoms with van der Waals surface area (Å²) >= 11 is 0. The molecule has 0 unspecified atom stereocenters. The smallest absolute Gasteiger partial charge is 0.307 e. The lowest BCUT2D eigenvalue weighted by Gasteiger charge is -2.26. The fourth-order valence-electron chi connectivity index (χ4n) is 3.04. The molecule has 1 heterocycles. The van der Waals surface area contributed by atoms with Crippen LogP contribution in [0, 0.1) is 11.8 Å². The molecule has 0 bridgehead atoms. The van der Waals surface area contributed by atoms with E-state index in [1.54, 1.807) is 0 Å². The van der Waals surface area contributed by atoms with E-state index in [9.17, 15) is 9.59 Å². The fourth-order valence-corrected chi connectivity index (χ4v) is 3.04. The van der Waals surface area contributed by atoms with Gasteiger partial charge in [-0.2, -0.15) is 0 Å². The van der Waals surface area contributed by atoms with Crippen LogP contribution in [0.25, 0.3) is 0 Å². The van der Waals surface area contributed by atoms with Crippen LogP contribution in [0.5, 0.6) is 0 Å². The predicted octanol–water partition coefficient (Wildman–Crippen LogP) is 0.326. The minimum atomic E-state index is -0.837. The van der Waals surface area contributed by atoms with Gasteiger partial charge in [0.1, 0.15) is 0 Å². The van der Waals surface area contributed by atoms with E-state index in [1.165, 1.54) is 0 Å². The number of rotatable bonds is 6. The monoisotopic (exact) mass is 284 g/mol. The van der Waals surface area contributed by atoms with Crippen molar-refractivity contribution in [3.05, 3.63) is 0 Å². The highest BCUT2D eigenvalue weighted by atomic mass is 16.5. The number of carbonyl (C=O) groups is 2. The Morgan fingerprint density at radius 2 is 1.90 bits per heavy atom. The highest BCUT2D eigenvalue weighted by Gasteiger charge is 2.37. The molecule has 2 aliphatic rings. The van der Waals surface area contributed by atoms with Crippen LogP contribution in [-0.2, 0) is 14.3 Å². The molecule has 1 aliphatic heterocycles. The molecule has 6 heteroatoms. The third kappa shape index (κ3) is 4.18. The molecule has 2 N–H and O–H groups in total. The second-order valence-corrected chi connectivity index (χ2v) is 5.58. The Labute approximate surface area is 119 Å². The lowest BCUT2D eigenvalue weighted by atomic mass is 9.95. The maximum absolute atomic E-state index is 12.0. The minimum Gasteiger partial charge on any atom is -0.481 e. The molecule has 114 valence electrons. The zero-order valence-electron chi connectivity index (χ0n) is 11.8. The maximum atomic E-state index is 12.0. The normalized spacial score (nSPS) is 27.4. The van der Waals surface area contributed by atoms with E-state index in [2.05, 4.69) is 10.2 Å². The van der Waals surface area contributed by atoms with Crippen LogP contribution < -0.4 is 5.32 Å². The zero-order valence-corrected chi connectivity index (χ0v) is 11.8. The Balaban J connectivity index is 1.63. The Morgan fingerprint density at radius 3 is 2.60 bits per heavy atom. The number of nitrogens with zero attached hydrogens (tertiary/aromatic N) is 1. The van der Waals surface area contributed by atoms with Gasteiger partial charge in [-0.3, -0.25) is 14.5 Å². The molecule has 6 nitrogen and oxygen atoms in total. The van der Waals surface area contributed by atoms with Crippen LogP contribution in [0.4, 0.5) is 0 Å². The summed E-state index contributed by atoms with van der Waals surface area (Å²) in [4.78, 5) is 25.4. The molecule has 2 fully saturated rings. The minimum absolute atomic E-state index is 0.0862. The molecule has 0 aromatic rings. The molecular weight excluding hydrogens is 260 g/mol. The Kier molecular flexibility index (Phi) is 5.79. The van der Waals surface area contributed by atoms with Crippen LogP contribution in [0.15, 0.2) is 0 Å². The zero-order chi connectivity index (χ0) is 14.4.